The molecule has 0 unspecified atom stereocenters. The fourth-order valence-electron chi connectivity index (χ4n) is 1.43. The van der Waals surface area contributed by atoms with Gasteiger partial charge in [-0.25, -0.2) is 4.98 Å². The van der Waals surface area contributed by atoms with Crippen molar-refractivity contribution in [1.29, 1.82) is 0 Å². The van der Waals surface area contributed by atoms with Gasteiger partial charge in [-0.15, -0.1) is 11.3 Å². The highest BCUT2D eigenvalue weighted by Gasteiger charge is 2.06. The summed E-state index contributed by atoms with van der Waals surface area (Å²) in [6.45, 7) is 0.919. The zero-order valence-electron chi connectivity index (χ0n) is 9.06. The second-order valence-electron chi connectivity index (χ2n) is 3.34. The Kier molecular flexibility index (Phi) is 3.84. The van der Waals surface area contributed by atoms with Gasteiger partial charge >= 0.3 is 0 Å². The van der Waals surface area contributed by atoms with Gasteiger partial charge in [0.15, 0.2) is 0 Å². The maximum absolute atomic E-state index is 5.65. The van der Waals surface area contributed by atoms with Crippen LogP contribution in [0.15, 0.2) is 11.4 Å². The molecule has 4 nitrogen and oxygen atoms in total. The third-order valence-electron chi connectivity index (χ3n) is 2.16. The average Bonchev–Trinajstić information content (AvgIpc) is 2.72. The number of thiophene rings is 1. The Bertz CT molecular complexity index is 469. The van der Waals surface area contributed by atoms with Gasteiger partial charge in [0.25, 0.3) is 0 Å². The summed E-state index contributed by atoms with van der Waals surface area (Å²) in [5.74, 6) is 2.34. The van der Waals surface area contributed by atoms with Crippen LogP contribution in [0.3, 0.4) is 0 Å². The summed E-state index contributed by atoms with van der Waals surface area (Å²) in [5.41, 5.74) is 5.65. The maximum Gasteiger partial charge on any atom is 0.223 e. The van der Waals surface area contributed by atoms with Crippen molar-refractivity contribution in [2.45, 2.75) is 6.42 Å². The molecule has 3 N–H and O–H groups in total. The lowest BCUT2D eigenvalue weighted by Crippen LogP contribution is -2.06. The van der Waals surface area contributed by atoms with Crippen LogP contribution in [-0.2, 0) is 0 Å². The van der Waals surface area contributed by atoms with E-state index in [1.807, 2.05) is 23.2 Å². The monoisotopic (exact) mass is 254 g/mol. The zero-order valence-corrected chi connectivity index (χ0v) is 10.7. The molecule has 0 aromatic carbocycles. The van der Waals surface area contributed by atoms with Crippen molar-refractivity contribution in [3.8, 4) is 0 Å². The van der Waals surface area contributed by atoms with Crippen LogP contribution < -0.4 is 11.1 Å². The molecule has 0 bridgehead atoms. The van der Waals surface area contributed by atoms with E-state index in [-0.39, 0.29) is 0 Å². The van der Waals surface area contributed by atoms with Crippen molar-refractivity contribution >= 4 is 45.1 Å². The average molecular weight is 254 g/mol. The smallest absolute Gasteiger partial charge is 0.223 e. The van der Waals surface area contributed by atoms with Crippen LogP contribution in [-0.4, -0.2) is 28.5 Å². The summed E-state index contributed by atoms with van der Waals surface area (Å²) in [6.07, 6.45) is 3.23. The first-order valence-electron chi connectivity index (χ1n) is 5.05. The number of fused-ring (bicyclic) bond motifs is 1. The number of nitrogens with zero attached hydrogens (tertiary/aromatic N) is 2. The first kappa shape index (κ1) is 11.5. The number of rotatable bonds is 5. The molecule has 0 saturated carbocycles. The van der Waals surface area contributed by atoms with E-state index in [1.54, 1.807) is 11.3 Å². The van der Waals surface area contributed by atoms with Gasteiger partial charge in [0, 0.05) is 6.54 Å². The minimum atomic E-state index is 0.335. The van der Waals surface area contributed by atoms with E-state index in [0.717, 1.165) is 34.8 Å². The lowest BCUT2D eigenvalue weighted by atomic mass is 10.3. The molecule has 0 atom stereocenters. The first-order chi connectivity index (χ1) is 7.81. The topological polar surface area (TPSA) is 63.8 Å². The largest absolute Gasteiger partial charge is 0.369 e. The molecule has 2 aromatic rings. The van der Waals surface area contributed by atoms with E-state index < -0.39 is 0 Å². The molecule has 6 heteroatoms. The third kappa shape index (κ3) is 2.56. The van der Waals surface area contributed by atoms with Crippen molar-refractivity contribution in [3.05, 3.63) is 11.4 Å². The van der Waals surface area contributed by atoms with Crippen molar-refractivity contribution in [2.24, 2.45) is 0 Å². The maximum atomic E-state index is 5.65. The summed E-state index contributed by atoms with van der Waals surface area (Å²) in [6, 6.07) is 2.02. The minimum Gasteiger partial charge on any atom is -0.369 e. The van der Waals surface area contributed by atoms with Gasteiger partial charge in [0.2, 0.25) is 5.95 Å². The van der Waals surface area contributed by atoms with E-state index in [1.165, 1.54) is 0 Å². The van der Waals surface area contributed by atoms with Gasteiger partial charge in [-0.3, -0.25) is 0 Å². The highest BCUT2D eigenvalue weighted by molar-refractivity contribution is 7.98. The predicted octanol–water partition coefficient (Wildman–Crippen LogP) is 2.44. The van der Waals surface area contributed by atoms with Gasteiger partial charge in [0.05, 0.1) is 5.39 Å². The van der Waals surface area contributed by atoms with Crippen molar-refractivity contribution in [2.75, 3.05) is 29.6 Å². The van der Waals surface area contributed by atoms with Crippen LogP contribution >= 0.6 is 23.1 Å². The molecular formula is C10H14N4S2. The molecule has 0 aliphatic carbocycles. The summed E-state index contributed by atoms with van der Waals surface area (Å²) in [5, 5.41) is 6.38. The van der Waals surface area contributed by atoms with E-state index in [2.05, 4.69) is 21.5 Å². The van der Waals surface area contributed by atoms with Crippen LogP contribution in [0.5, 0.6) is 0 Å². The Morgan fingerprint density at radius 3 is 3.19 bits per heavy atom. The van der Waals surface area contributed by atoms with Gasteiger partial charge < -0.3 is 11.1 Å². The molecule has 2 rings (SSSR count). The molecule has 2 aromatic heterocycles. The lowest BCUT2D eigenvalue weighted by molar-refractivity contribution is 0.984. The van der Waals surface area contributed by atoms with E-state index >= 15 is 0 Å². The second kappa shape index (κ2) is 5.36. The molecule has 2 heterocycles. The van der Waals surface area contributed by atoms with E-state index in [0.29, 0.717) is 5.95 Å². The zero-order chi connectivity index (χ0) is 11.4. The highest BCUT2D eigenvalue weighted by Crippen LogP contribution is 2.25. The summed E-state index contributed by atoms with van der Waals surface area (Å²) in [7, 11) is 0. The highest BCUT2D eigenvalue weighted by atomic mass is 32.2. The Morgan fingerprint density at radius 2 is 2.38 bits per heavy atom. The number of hydrogen-bond donors (Lipinski definition) is 2. The predicted molar refractivity (Wildman–Crippen MR) is 73.3 cm³/mol. The van der Waals surface area contributed by atoms with Gasteiger partial charge in [-0.1, -0.05) is 0 Å². The molecule has 0 aliphatic heterocycles. The molecule has 0 amide bonds. The van der Waals surface area contributed by atoms with Crippen LogP contribution in [0.2, 0.25) is 0 Å². The number of aromatic nitrogens is 2. The van der Waals surface area contributed by atoms with Gasteiger partial charge in [-0.05, 0) is 29.9 Å². The molecule has 86 valence electrons. The molecule has 0 saturated heterocycles. The normalized spacial score (nSPS) is 10.8. The molecule has 0 aliphatic rings. The number of hydrogen-bond acceptors (Lipinski definition) is 6. The Hall–Kier alpha value is -1.01. The van der Waals surface area contributed by atoms with Crippen LogP contribution in [0.4, 0.5) is 11.8 Å². The van der Waals surface area contributed by atoms with Crippen molar-refractivity contribution in [1.82, 2.24) is 9.97 Å². The SMILES string of the molecule is CSCCCNc1nc(N)nc2sccc12. The number of nitrogens with one attached hydrogen (secondary N) is 1. The molecular weight excluding hydrogens is 240 g/mol. The standard InChI is InChI=1S/C10H14N4S2/c1-15-5-2-4-12-8-7-3-6-16-9(7)14-10(11)13-8/h3,6H,2,4-5H2,1H3,(H3,11,12,13,14). The lowest BCUT2D eigenvalue weighted by Gasteiger charge is -2.06. The fourth-order valence-corrected chi connectivity index (χ4v) is 2.63. The Morgan fingerprint density at radius 1 is 1.50 bits per heavy atom. The number of thioether (sulfide) groups is 1. The quantitative estimate of drug-likeness (QED) is 0.802. The molecule has 0 spiro atoms. The number of anilines is 2. The third-order valence-corrected chi connectivity index (χ3v) is 3.66. The minimum absolute atomic E-state index is 0.335. The molecule has 0 fully saturated rings. The first-order valence-corrected chi connectivity index (χ1v) is 7.32. The van der Waals surface area contributed by atoms with Gasteiger partial charge in [0.1, 0.15) is 10.6 Å². The van der Waals surface area contributed by atoms with Crippen molar-refractivity contribution < 1.29 is 0 Å². The van der Waals surface area contributed by atoms with E-state index in [4.69, 9.17) is 5.73 Å². The Labute approximate surface area is 103 Å². The van der Waals surface area contributed by atoms with Crippen LogP contribution in [0, 0.1) is 0 Å². The molecule has 0 radical (unpaired) electrons. The van der Waals surface area contributed by atoms with Gasteiger partial charge in [-0.2, -0.15) is 16.7 Å². The summed E-state index contributed by atoms with van der Waals surface area (Å²) in [4.78, 5) is 9.35. The second-order valence-corrected chi connectivity index (χ2v) is 5.22. The van der Waals surface area contributed by atoms with Crippen LogP contribution in [0.25, 0.3) is 10.2 Å². The van der Waals surface area contributed by atoms with Crippen molar-refractivity contribution in [3.63, 3.8) is 0 Å². The summed E-state index contributed by atoms with van der Waals surface area (Å²) >= 11 is 3.43. The van der Waals surface area contributed by atoms with Crippen LogP contribution in [0.1, 0.15) is 6.42 Å². The van der Waals surface area contributed by atoms with E-state index in [9.17, 15) is 0 Å². The summed E-state index contributed by atoms with van der Waals surface area (Å²) < 4.78 is 0. The fraction of sp³-hybridized carbons (Fsp3) is 0.400. The number of nitrogen functional groups attached to an aromatic ring is 1. The number of nitrogens with two attached hydrogens (primary N) is 1. The molecule has 16 heavy (non-hydrogen) atoms. The Balaban J connectivity index is 2.12.